The number of carbonyl (C=O) groups excluding carboxylic acids is 1. The van der Waals surface area contributed by atoms with Crippen molar-refractivity contribution in [2.75, 3.05) is 11.9 Å². The van der Waals surface area contributed by atoms with E-state index in [0.717, 1.165) is 41.2 Å². The summed E-state index contributed by atoms with van der Waals surface area (Å²) in [5.74, 6) is 1.06. The average Bonchev–Trinajstić information content (AvgIpc) is 3.27. The van der Waals surface area contributed by atoms with Crippen molar-refractivity contribution < 1.29 is 14.3 Å². The molecule has 1 N–H and O–H groups in total. The van der Waals surface area contributed by atoms with Gasteiger partial charge in [-0.15, -0.1) is 11.3 Å². The van der Waals surface area contributed by atoms with Gasteiger partial charge in [0.05, 0.1) is 18.4 Å². The molecular weight excluding hydrogens is 434 g/mol. The Morgan fingerprint density at radius 3 is 2.48 bits per heavy atom. The van der Waals surface area contributed by atoms with E-state index in [4.69, 9.17) is 9.47 Å². The van der Waals surface area contributed by atoms with Crippen LogP contribution in [-0.2, 0) is 4.79 Å². The molecule has 0 bridgehead atoms. The summed E-state index contributed by atoms with van der Waals surface area (Å²) in [6.07, 6.45) is 3.72. The molecule has 170 valence electrons. The van der Waals surface area contributed by atoms with Gasteiger partial charge in [0.1, 0.15) is 23.1 Å². The number of ether oxygens (including phenoxy) is 2. The van der Waals surface area contributed by atoms with E-state index in [1.54, 1.807) is 6.08 Å². The van der Waals surface area contributed by atoms with Crippen LogP contribution in [0.2, 0.25) is 0 Å². The third kappa shape index (κ3) is 7.19. The Morgan fingerprint density at radius 2 is 1.85 bits per heavy atom. The molecule has 2 aromatic carbocycles. The number of hydrogen-bond acceptors (Lipinski definition) is 6. The highest BCUT2D eigenvalue weighted by Gasteiger charge is 2.13. The van der Waals surface area contributed by atoms with Gasteiger partial charge in [0, 0.05) is 10.9 Å². The summed E-state index contributed by atoms with van der Waals surface area (Å²) in [5.41, 5.74) is 2.40. The monoisotopic (exact) mass is 461 g/mol. The first-order valence-electron chi connectivity index (χ1n) is 10.9. The lowest BCUT2D eigenvalue weighted by atomic mass is 10.1. The molecular formula is C26H27N3O3S. The summed E-state index contributed by atoms with van der Waals surface area (Å²) >= 11 is 1.31. The third-order valence-corrected chi connectivity index (χ3v) is 5.33. The molecule has 0 saturated carbocycles. The topological polar surface area (TPSA) is 84.2 Å². The average molecular weight is 462 g/mol. The Bertz CT molecular complexity index is 1130. The lowest BCUT2D eigenvalue weighted by molar-refractivity contribution is -0.112. The zero-order valence-electron chi connectivity index (χ0n) is 19.0. The van der Waals surface area contributed by atoms with Crippen LogP contribution < -0.4 is 14.8 Å². The fourth-order valence-electron chi connectivity index (χ4n) is 2.91. The number of thiazole rings is 1. The van der Waals surface area contributed by atoms with Crippen molar-refractivity contribution in [3.63, 3.8) is 0 Å². The van der Waals surface area contributed by atoms with Crippen LogP contribution in [0, 0.1) is 11.3 Å². The predicted molar refractivity (Wildman–Crippen MR) is 132 cm³/mol. The SMILES string of the molecule is CCCCOc1ccc(/C=C(\C#N)C(=O)Nc2nc(-c3ccc(OC(C)C)cc3)cs2)cc1. The van der Waals surface area contributed by atoms with Gasteiger partial charge < -0.3 is 9.47 Å². The molecule has 0 atom stereocenters. The van der Waals surface area contributed by atoms with E-state index in [1.807, 2.05) is 73.8 Å². The molecule has 1 aromatic heterocycles. The van der Waals surface area contributed by atoms with Crippen molar-refractivity contribution in [1.29, 1.82) is 5.26 Å². The number of hydrogen-bond donors (Lipinski definition) is 1. The molecule has 33 heavy (non-hydrogen) atoms. The van der Waals surface area contributed by atoms with E-state index in [2.05, 4.69) is 17.2 Å². The van der Waals surface area contributed by atoms with Gasteiger partial charge in [-0.25, -0.2) is 4.98 Å². The smallest absolute Gasteiger partial charge is 0.268 e. The van der Waals surface area contributed by atoms with Gasteiger partial charge in [0.25, 0.3) is 5.91 Å². The Morgan fingerprint density at radius 1 is 1.15 bits per heavy atom. The van der Waals surface area contributed by atoms with Gasteiger partial charge in [-0.3, -0.25) is 10.1 Å². The van der Waals surface area contributed by atoms with E-state index < -0.39 is 5.91 Å². The van der Waals surface area contributed by atoms with Crippen LogP contribution in [0.5, 0.6) is 11.5 Å². The molecule has 1 heterocycles. The molecule has 3 aromatic rings. The zero-order valence-corrected chi connectivity index (χ0v) is 19.8. The fourth-order valence-corrected chi connectivity index (χ4v) is 3.63. The molecule has 0 aliphatic heterocycles. The van der Waals surface area contributed by atoms with Gasteiger partial charge in [0.2, 0.25) is 0 Å². The third-order valence-electron chi connectivity index (χ3n) is 4.57. The summed E-state index contributed by atoms with van der Waals surface area (Å²) < 4.78 is 11.3. The van der Waals surface area contributed by atoms with Crippen LogP contribution >= 0.6 is 11.3 Å². The second kappa shape index (κ2) is 11.8. The van der Waals surface area contributed by atoms with Crippen molar-refractivity contribution in [3.05, 3.63) is 65.0 Å². The minimum Gasteiger partial charge on any atom is -0.494 e. The Hall–Kier alpha value is -3.63. The number of carbonyl (C=O) groups is 1. The lowest BCUT2D eigenvalue weighted by Crippen LogP contribution is -2.13. The van der Waals surface area contributed by atoms with E-state index >= 15 is 0 Å². The number of nitrogens with one attached hydrogen (secondary N) is 1. The largest absolute Gasteiger partial charge is 0.494 e. The Labute approximate surface area is 198 Å². The molecule has 0 spiro atoms. The van der Waals surface area contributed by atoms with Crippen LogP contribution in [0.1, 0.15) is 39.2 Å². The standard InChI is InChI=1S/C26H27N3O3S/c1-4-5-14-31-22-10-6-19(7-11-22)15-21(16-27)25(30)29-26-28-24(17-33-26)20-8-12-23(13-9-20)32-18(2)3/h6-13,15,17-18H,4-5,14H2,1-3H3,(H,28,29,30)/b21-15+. The molecule has 0 fully saturated rings. The number of unbranched alkanes of at least 4 members (excludes halogenated alkanes) is 1. The fraction of sp³-hybridized carbons (Fsp3) is 0.269. The summed E-state index contributed by atoms with van der Waals surface area (Å²) in [7, 11) is 0. The van der Waals surface area contributed by atoms with E-state index in [9.17, 15) is 10.1 Å². The first-order chi connectivity index (χ1) is 16.0. The molecule has 3 rings (SSSR count). The molecule has 0 aliphatic rings. The number of nitriles is 1. The second-order valence-electron chi connectivity index (χ2n) is 7.62. The van der Waals surface area contributed by atoms with Crippen LogP contribution in [0.3, 0.4) is 0 Å². The van der Waals surface area contributed by atoms with Crippen molar-refractivity contribution in [1.82, 2.24) is 4.98 Å². The maximum Gasteiger partial charge on any atom is 0.268 e. The number of benzene rings is 2. The van der Waals surface area contributed by atoms with Gasteiger partial charge in [-0.05, 0) is 68.3 Å². The highest BCUT2D eigenvalue weighted by molar-refractivity contribution is 7.14. The number of amides is 1. The minimum absolute atomic E-state index is 0.00147. The summed E-state index contributed by atoms with van der Waals surface area (Å²) in [5, 5.41) is 14.5. The van der Waals surface area contributed by atoms with Crippen LogP contribution in [0.4, 0.5) is 5.13 Å². The van der Waals surface area contributed by atoms with Crippen molar-refractivity contribution in [2.45, 2.75) is 39.7 Å². The number of aromatic nitrogens is 1. The predicted octanol–water partition coefficient (Wildman–Crippen LogP) is 6.32. The van der Waals surface area contributed by atoms with Gasteiger partial charge in [-0.1, -0.05) is 25.5 Å². The molecule has 0 radical (unpaired) electrons. The zero-order chi connectivity index (χ0) is 23.6. The highest BCUT2D eigenvalue weighted by atomic mass is 32.1. The highest BCUT2D eigenvalue weighted by Crippen LogP contribution is 2.27. The summed E-state index contributed by atoms with van der Waals surface area (Å²) in [6.45, 7) is 6.73. The summed E-state index contributed by atoms with van der Waals surface area (Å²) in [6, 6.07) is 16.9. The molecule has 0 saturated heterocycles. The first kappa shape index (κ1) is 24.0. The maximum atomic E-state index is 12.6. The minimum atomic E-state index is -0.498. The number of anilines is 1. The summed E-state index contributed by atoms with van der Waals surface area (Å²) in [4.78, 5) is 17.1. The van der Waals surface area contributed by atoms with E-state index in [1.165, 1.54) is 11.3 Å². The second-order valence-corrected chi connectivity index (χ2v) is 8.48. The normalized spacial score (nSPS) is 11.2. The molecule has 6 nitrogen and oxygen atoms in total. The van der Waals surface area contributed by atoms with Gasteiger partial charge in [0.15, 0.2) is 5.13 Å². The Balaban J connectivity index is 1.64. The molecule has 1 amide bonds. The molecule has 0 aliphatic carbocycles. The number of rotatable bonds is 10. The van der Waals surface area contributed by atoms with Crippen molar-refractivity contribution >= 4 is 28.5 Å². The maximum absolute atomic E-state index is 12.6. The van der Waals surface area contributed by atoms with Crippen LogP contribution in [-0.4, -0.2) is 23.6 Å². The quantitative estimate of drug-likeness (QED) is 0.217. The molecule has 0 unspecified atom stereocenters. The van der Waals surface area contributed by atoms with Crippen molar-refractivity contribution in [2.24, 2.45) is 0 Å². The van der Waals surface area contributed by atoms with Crippen molar-refractivity contribution in [3.8, 4) is 28.8 Å². The van der Waals surface area contributed by atoms with E-state index in [0.29, 0.717) is 11.7 Å². The molecule has 7 heteroatoms. The van der Waals surface area contributed by atoms with Crippen LogP contribution in [0.15, 0.2) is 59.5 Å². The van der Waals surface area contributed by atoms with E-state index in [-0.39, 0.29) is 11.7 Å². The van der Waals surface area contributed by atoms with Crippen LogP contribution in [0.25, 0.3) is 17.3 Å². The Kier molecular flexibility index (Phi) is 8.62. The lowest BCUT2D eigenvalue weighted by Gasteiger charge is -2.09. The first-order valence-corrected chi connectivity index (χ1v) is 11.7. The van der Waals surface area contributed by atoms with Gasteiger partial charge >= 0.3 is 0 Å². The number of nitrogens with zero attached hydrogens (tertiary/aromatic N) is 2. The van der Waals surface area contributed by atoms with Gasteiger partial charge in [-0.2, -0.15) is 5.26 Å².